The minimum Gasteiger partial charge on any atom is -0.373 e. The molecular weight excluding hydrogens is 469 g/mol. The first-order valence-corrected chi connectivity index (χ1v) is 10.5. The van der Waals surface area contributed by atoms with Crippen LogP contribution in [0.5, 0.6) is 0 Å². The van der Waals surface area contributed by atoms with Gasteiger partial charge in [0, 0.05) is 50.7 Å². The maximum atomic E-state index is 11.9. The number of nitrogens with one attached hydrogen (secondary N) is 2. The van der Waals surface area contributed by atoms with Crippen LogP contribution >= 0.6 is 24.0 Å². The molecule has 0 aromatic heterocycles. The van der Waals surface area contributed by atoms with Gasteiger partial charge in [-0.3, -0.25) is 14.7 Å². The van der Waals surface area contributed by atoms with Crippen LogP contribution in [0.1, 0.15) is 54.4 Å². The number of nitrogens with zero attached hydrogens (tertiary/aromatic N) is 3. The molecule has 0 aromatic carbocycles. The van der Waals surface area contributed by atoms with Gasteiger partial charge in [0.2, 0.25) is 5.91 Å². The standard InChI is InChI=1S/C20H39N5O2.HI/c1-7-18(26)24-10-9-17(13-24)23-19(21-8-2)22-14-20(5,6)25-11-15(3)27-16(4)12-25;/h15-17H,7-14H2,1-6H3,(H2,21,22,23);1H. The molecule has 8 heteroatoms. The summed E-state index contributed by atoms with van der Waals surface area (Å²) in [4.78, 5) is 21.2. The van der Waals surface area contributed by atoms with Gasteiger partial charge < -0.3 is 20.3 Å². The fourth-order valence-corrected chi connectivity index (χ4v) is 3.89. The minimum absolute atomic E-state index is 0. The van der Waals surface area contributed by atoms with Crippen molar-refractivity contribution in [3.8, 4) is 0 Å². The lowest BCUT2D eigenvalue weighted by molar-refractivity contribution is -0.129. The van der Waals surface area contributed by atoms with Crippen LogP contribution < -0.4 is 10.6 Å². The second-order valence-corrected chi connectivity index (χ2v) is 8.49. The highest BCUT2D eigenvalue weighted by atomic mass is 127. The van der Waals surface area contributed by atoms with Gasteiger partial charge in [-0.05, 0) is 41.0 Å². The van der Waals surface area contributed by atoms with Crippen LogP contribution in [0.15, 0.2) is 4.99 Å². The molecule has 3 unspecified atom stereocenters. The summed E-state index contributed by atoms with van der Waals surface area (Å²) >= 11 is 0. The van der Waals surface area contributed by atoms with Gasteiger partial charge in [0.25, 0.3) is 0 Å². The van der Waals surface area contributed by atoms with E-state index in [1.165, 1.54) is 0 Å². The Kier molecular flexibility index (Phi) is 10.5. The number of likely N-dealkylation sites (tertiary alicyclic amines) is 1. The normalized spacial score (nSPS) is 26.7. The van der Waals surface area contributed by atoms with Crippen LogP contribution in [0.25, 0.3) is 0 Å². The molecule has 0 bridgehead atoms. The molecule has 0 aliphatic carbocycles. The Morgan fingerprint density at radius 1 is 1.18 bits per heavy atom. The largest absolute Gasteiger partial charge is 0.373 e. The summed E-state index contributed by atoms with van der Waals surface area (Å²) in [5, 5.41) is 6.87. The molecule has 2 rings (SSSR count). The van der Waals surface area contributed by atoms with Crippen molar-refractivity contribution in [2.45, 2.75) is 78.2 Å². The van der Waals surface area contributed by atoms with Crippen LogP contribution in [0.2, 0.25) is 0 Å². The first-order valence-electron chi connectivity index (χ1n) is 10.5. The number of rotatable bonds is 6. The van der Waals surface area contributed by atoms with Crippen molar-refractivity contribution < 1.29 is 9.53 Å². The van der Waals surface area contributed by atoms with Gasteiger partial charge in [-0.1, -0.05) is 6.92 Å². The molecule has 0 spiro atoms. The Balaban J connectivity index is 0.00000392. The SMILES string of the molecule is CCNC(=NCC(C)(C)N1CC(C)OC(C)C1)NC1CCN(C(=O)CC)C1.I. The van der Waals surface area contributed by atoms with Crippen molar-refractivity contribution in [2.75, 3.05) is 39.3 Å². The summed E-state index contributed by atoms with van der Waals surface area (Å²) in [6.07, 6.45) is 2.05. The van der Waals surface area contributed by atoms with Crippen molar-refractivity contribution in [2.24, 2.45) is 4.99 Å². The summed E-state index contributed by atoms with van der Waals surface area (Å²) in [5.41, 5.74) is -0.0332. The van der Waals surface area contributed by atoms with Crippen molar-refractivity contribution in [3.63, 3.8) is 0 Å². The molecule has 28 heavy (non-hydrogen) atoms. The van der Waals surface area contributed by atoms with E-state index < -0.39 is 0 Å². The number of morpholine rings is 1. The van der Waals surface area contributed by atoms with Crippen LogP contribution in [-0.2, 0) is 9.53 Å². The number of carbonyl (C=O) groups is 1. The molecule has 7 nitrogen and oxygen atoms in total. The summed E-state index contributed by atoms with van der Waals surface area (Å²) in [6.45, 7) is 17.8. The van der Waals surface area contributed by atoms with Gasteiger partial charge >= 0.3 is 0 Å². The Labute approximate surface area is 188 Å². The topological polar surface area (TPSA) is 69.2 Å². The molecule has 0 radical (unpaired) electrons. The zero-order chi connectivity index (χ0) is 20.0. The Hall–Kier alpha value is -0.610. The molecule has 2 aliphatic rings. The quantitative estimate of drug-likeness (QED) is 0.326. The number of halogens is 1. The predicted octanol–water partition coefficient (Wildman–Crippen LogP) is 2.06. The summed E-state index contributed by atoms with van der Waals surface area (Å²) in [5.74, 6) is 1.08. The second kappa shape index (κ2) is 11.5. The number of hydrogen-bond donors (Lipinski definition) is 2. The van der Waals surface area contributed by atoms with E-state index in [1.807, 2.05) is 11.8 Å². The molecular formula is C20H40IN5O2. The van der Waals surface area contributed by atoms with E-state index in [2.05, 4.69) is 50.2 Å². The third-order valence-corrected chi connectivity index (χ3v) is 5.43. The average Bonchev–Trinajstić information content (AvgIpc) is 3.07. The molecule has 0 aromatic rings. The molecule has 2 heterocycles. The van der Waals surface area contributed by atoms with Gasteiger partial charge in [-0.2, -0.15) is 0 Å². The molecule has 164 valence electrons. The van der Waals surface area contributed by atoms with Crippen molar-refractivity contribution in [1.82, 2.24) is 20.4 Å². The molecule has 2 fully saturated rings. The average molecular weight is 509 g/mol. The third-order valence-electron chi connectivity index (χ3n) is 5.43. The number of guanidine groups is 1. The van der Waals surface area contributed by atoms with E-state index in [0.29, 0.717) is 13.0 Å². The molecule has 2 saturated heterocycles. The smallest absolute Gasteiger partial charge is 0.222 e. The second-order valence-electron chi connectivity index (χ2n) is 8.49. The monoisotopic (exact) mass is 509 g/mol. The van der Waals surface area contributed by atoms with Crippen LogP contribution in [0.4, 0.5) is 0 Å². The number of ether oxygens (including phenoxy) is 1. The highest BCUT2D eigenvalue weighted by Crippen LogP contribution is 2.21. The number of aliphatic imine (C=N–C) groups is 1. The van der Waals surface area contributed by atoms with Gasteiger partial charge in [0.1, 0.15) is 0 Å². The van der Waals surface area contributed by atoms with Gasteiger partial charge in [0.15, 0.2) is 5.96 Å². The van der Waals surface area contributed by atoms with E-state index in [0.717, 1.165) is 45.1 Å². The molecule has 3 atom stereocenters. The predicted molar refractivity (Wildman–Crippen MR) is 125 cm³/mol. The number of carbonyl (C=O) groups excluding carboxylic acids is 1. The third kappa shape index (κ3) is 7.33. The van der Waals surface area contributed by atoms with Gasteiger partial charge in [-0.25, -0.2) is 0 Å². The van der Waals surface area contributed by atoms with E-state index >= 15 is 0 Å². The van der Waals surface area contributed by atoms with Gasteiger partial charge in [-0.15, -0.1) is 24.0 Å². The first kappa shape index (κ1) is 25.4. The molecule has 1 amide bonds. The Morgan fingerprint density at radius 3 is 2.39 bits per heavy atom. The van der Waals surface area contributed by atoms with E-state index in [4.69, 9.17) is 9.73 Å². The summed E-state index contributed by atoms with van der Waals surface area (Å²) < 4.78 is 5.87. The molecule has 2 N–H and O–H groups in total. The zero-order valence-electron chi connectivity index (χ0n) is 18.5. The fourth-order valence-electron chi connectivity index (χ4n) is 3.89. The Morgan fingerprint density at radius 2 is 1.82 bits per heavy atom. The minimum atomic E-state index is -0.0332. The first-order chi connectivity index (χ1) is 12.7. The van der Waals surface area contributed by atoms with Crippen LogP contribution in [-0.4, -0.2) is 84.7 Å². The van der Waals surface area contributed by atoms with E-state index in [-0.39, 0.29) is 53.7 Å². The highest BCUT2D eigenvalue weighted by molar-refractivity contribution is 14.0. The van der Waals surface area contributed by atoms with Crippen LogP contribution in [0.3, 0.4) is 0 Å². The highest BCUT2D eigenvalue weighted by Gasteiger charge is 2.33. The maximum Gasteiger partial charge on any atom is 0.222 e. The van der Waals surface area contributed by atoms with Gasteiger partial charge in [0.05, 0.1) is 18.8 Å². The molecule has 0 saturated carbocycles. The molecule has 2 aliphatic heterocycles. The van der Waals surface area contributed by atoms with E-state index in [1.54, 1.807) is 0 Å². The van der Waals surface area contributed by atoms with Crippen molar-refractivity contribution in [1.29, 1.82) is 0 Å². The summed E-state index contributed by atoms with van der Waals surface area (Å²) in [6, 6.07) is 0.268. The number of amides is 1. The Bertz CT molecular complexity index is 519. The fraction of sp³-hybridized carbons (Fsp3) is 0.900. The summed E-state index contributed by atoms with van der Waals surface area (Å²) in [7, 11) is 0. The number of hydrogen-bond acceptors (Lipinski definition) is 4. The lowest BCUT2D eigenvalue weighted by Gasteiger charge is -2.44. The van der Waals surface area contributed by atoms with Crippen molar-refractivity contribution in [3.05, 3.63) is 0 Å². The van der Waals surface area contributed by atoms with E-state index in [9.17, 15) is 4.79 Å². The lowest BCUT2D eigenvalue weighted by atomic mass is 10.0. The van der Waals surface area contributed by atoms with Crippen LogP contribution in [0, 0.1) is 0 Å². The zero-order valence-corrected chi connectivity index (χ0v) is 20.8. The maximum absolute atomic E-state index is 11.9. The van der Waals surface area contributed by atoms with Crippen molar-refractivity contribution >= 4 is 35.8 Å². The lowest BCUT2D eigenvalue weighted by Crippen LogP contribution is -2.56.